The first-order valence-electron chi connectivity index (χ1n) is 7.31. The van der Waals surface area contributed by atoms with Gasteiger partial charge in [-0.15, -0.1) is 24.0 Å². The smallest absolute Gasteiger partial charge is 0.193 e. The van der Waals surface area contributed by atoms with Crippen LogP contribution in [0.2, 0.25) is 0 Å². The first kappa shape index (κ1) is 20.2. The van der Waals surface area contributed by atoms with Gasteiger partial charge in [0, 0.05) is 33.9 Å². The van der Waals surface area contributed by atoms with Crippen molar-refractivity contribution in [1.29, 1.82) is 0 Å². The SMILES string of the molecule is CCOCCCCNC(=NCc1ccccc1)N(C)C.I. The van der Waals surface area contributed by atoms with E-state index in [2.05, 4.69) is 22.4 Å². The number of ether oxygens (including phenoxy) is 1. The Balaban J connectivity index is 0.00000400. The average molecular weight is 405 g/mol. The van der Waals surface area contributed by atoms with Gasteiger partial charge in [0.05, 0.1) is 6.54 Å². The Morgan fingerprint density at radius 3 is 2.52 bits per heavy atom. The maximum atomic E-state index is 5.32. The van der Waals surface area contributed by atoms with Gasteiger partial charge in [-0.3, -0.25) is 0 Å². The van der Waals surface area contributed by atoms with Crippen LogP contribution < -0.4 is 5.32 Å². The predicted molar refractivity (Wildman–Crippen MR) is 100 cm³/mol. The molecule has 1 aromatic rings. The third-order valence-electron chi connectivity index (χ3n) is 2.88. The van der Waals surface area contributed by atoms with Gasteiger partial charge in [0.25, 0.3) is 0 Å². The molecule has 0 atom stereocenters. The van der Waals surface area contributed by atoms with Crippen LogP contribution in [0.15, 0.2) is 35.3 Å². The number of nitrogens with one attached hydrogen (secondary N) is 1. The summed E-state index contributed by atoms with van der Waals surface area (Å²) in [6.45, 7) is 5.31. The van der Waals surface area contributed by atoms with Crippen molar-refractivity contribution in [2.75, 3.05) is 33.9 Å². The second-order valence-corrected chi connectivity index (χ2v) is 4.85. The molecule has 0 saturated carbocycles. The zero-order chi connectivity index (χ0) is 14.6. The van der Waals surface area contributed by atoms with E-state index in [4.69, 9.17) is 4.74 Å². The van der Waals surface area contributed by atoms with Gasteiger partial charge >= 0.3 is 0 Å². The summed E-state index contributed by atoms with van der Waals surface area (Å²) in [4.78, 5) is 6.65. The van der Waals surface area contributed by atoms with E-state index in [0.717, 1.165) is 38.6 Å². The van der Waals surface area contributed by atoms with E-state index in [0.29, 0.717) is 6.54 Å². The quantitative estimate of drug-likeness (QED) is 0.313. The molecule has 0 fully saturated rings. The molecule has 0 aromatic heterocycles. The standard InChI is InChI=1S/C16H27N3O.HI/c1-4-20-13-9-8-12-17-16(19(2)3)18-14-15-10-6-5-7-11-15;/h5-7,10-11H,4,8-9,12-14H2,1-3H3,(H,17,18);1H. The normalized spacial score (nSPS) is 10.9. The lowest BCUT2D eigenvalue weighted by atomic mass is 10.2. The molecule has 0 aliphatic rings. The van der Waals surface area contributed by atoms with Crippen LogP contribution in [0.4, 0.5) is 0 Å². The summed E-state index contributed by atoms with van der Waals surface area (Å²) < 4.78 is 5.32. The van der Waals surface area contributed by atoms with E-state index < -0.39 is 0 Å². The lowest BCUT2D eigenvalue weighted by Crippen LogP contribution is -2.37. The van der Waals surface area contributed by atoms with Crippen LogP contribution in [0, 0.1) is 0 Å². The summed E-state index contributed by atoms with van der Waals surface area (Å²) in [6.07, 6.45) is 2.18. The van der Waals surface area contributed by atoms with Gasteiger partial charge in [0.2, 0.25) is 0 Å². The molecule has 21 heavy (non-hydrogen) atoms. The Hall–Kier alpha value is -0.820. The molecular weight excluding hydrogens is 377 g/mol. The first-order chi connectivity index (χ1) is 9.74. The minimum Gasteiger partial charge on any atom is -0.382 e. The van der Waals surface area contributed by atoms with Crippen molar-refractivity contribution in [3.8, 4) is 0 Å². The van der Waals surface area contributed by atoms with Gasteiger partial charge in [-0.25, -0.2) is 4.99 Å². The summed E-state index contributed by atoms with van der Waals surface area (Å²) in [5.41, 5.74) is 1.23. The summed E-state index contributed by atoms with van der Waals surface area (Å²) in [7, 11) is 4.02. The molecule has 120 valence electrons. The van der Waals surface area contributed by atoms with E-state index in [-0.39, 0.29) is 24.0 Å². The Morgan fingerprint density at radius 2 is 1.90 bits per heavy atom. The molecule has 0 aliphatic carbocycles. The number of unbranched alkanes of at least 4 members (excludes halogenated alkanes) is 1. The summed E-state index contributed by atoms with van der Waals surface area (Å²) in [5.74, 6) is 0.935. The molecule has 0 bridgehead atoms. The van der Waals surface area contributed by atoms with Gasteiger partial charge in [-0.2, -0.15) is 0 Å². The largest absolute Gasteiger partial charge is 0.382 e. The van der Waals surface area contributed by atoms with E-state index in [1.165, 1.54) is 5.56 Å². The molecule has 1 rings (SSSR count). The third kappa shape index (κ3) is 9.68. The van der Waals surface area contributed by atoms with E-state index in [1.54, 1.807) is 0 Å². The van der Waals surface area contributed by atoms with Crippen molar-refractivity contribution in [3.63, 3.8) is 0 Å². The van der Waals surface area contributed by atoms with Gasteiger partial charge in [-0.1, -0.05) is 30.3 Å². The lowest BCUT2D eigenvalue weighted by molar-refractivity contribution is 0.143. The fraction of sp³-hybridized carbons (Fsp3) is 0.562. The third-order valence-corrected chi connectivity index (χ3v) is 2.88. The maximum Gasteiger partial charge on any atom is 0.193 e. The molecular formula is C16H28IN3O. The molecule has 0 amide bonds. The molecule has 0 spiro atoms. The second-order valence-electron chi connectivity index (χ2n) is 4.85. The van der Waals surface area contributed by atoms with E-state index in [1.807, 2.05) is 44.1 Å². The lowest BCUT2D eigenvalue weighted by Gasteiger charge is -2.17. The molecule has 1 N–H and O–H groups in total. The highest BCUT2D eigenvalue weighted by Crippen LogP contribution is 2.00. The zero-order valence-corrected chi connectivity index (χ0v) is 15.7. The van der Waals surface area contributed by atoms with E-state index >= 15 is 0 Å². The van der Waals surface area contributed by atoms with Gasteiger partial charge in [0.15, 0.2) is 5.96 Å². The number of hydrogen-bond donors (Lipinski definition) is 1. The molecule has 0 radical (unpaired) electrons. The fourth-order valence-electron chi connectivity index (χ4n) is 1.78. The van der Waals surface area contributed by atoms with Crippen LogP contribution in [-0.4, -0.2) is 44.7 Å². The van der Waals surface area contributed by atoms with Crippen molar-refractivity contribution in [3.05, 3.63) is 35.9 Å². The molecule has 5 heteroatoms. The molecule has 1 aromatic carbocycles. The average Bonchev–Trinajstić information content (AvgIpc) is 2.46. The molecule has 0 heterocycles. The fourth-order valence-corrected chi connectivity index (χ4v) is 1.78. The summed E-state index contributed by atoms with van der Waals surface area (Å²) in [6, 6.07) is 10.3. The molecule has 0 saturated heterocycles. The van der Waals surface area contributed by atoms with Crippen LogP contribution in [0.5, 0.6) is 0 Å². The maximum absolute atomic E-state index is 5.32. The van der Waals surface area contributed by atoms with Gasteiger partial charge in [0.1, 0.15) is 0 Å². The van der Waals surface area contributed by atoms with Crippen LogP contribution in [0.1, 0.15) is 25.3 Å². The van der Waals surface area contributed by atoms with Crippen molar-refractivity contribution in [2.24, 2.45) is 4.99 Å². The highest BCUT2D eigenvalue weighted by molar-refractivity contribution is 14.0. The molecule has 4 nitrogen and oxygen atoms in total. The Bertz CT molecular complexity index is 382. The zero-order valence-electron chi connectivity index (χ0n) is 13.3. The number of halogens is 1. The predicted octanol–water partition coefficient (Wildman–Crippen LogP) is 3.13. The van der Waals surface area contributed by atoms with Crippen LogP contribution in [-0.2, 0) is 11.3 Å². The minimum atomic E-state index is 0. The van der Waals surface area contributed by atoms with Crippen LogP contribution in [0.25, 0.3) is 0 Å². The Morgan fingerprint density at radius 1 is 1.19 bits per heavy atom. The van der Waals surface area contributed by atoms with Crippen molar-refractivity contribution >= 4 is 29.9 Å². The monoisotopic (exact) mass is 405 g/mol. The highest BCUT2D eigenvalue weighted by atomic mass is 127. The number of benzene rings is 1. The summed E-state index contributed by atoms with van der Waals surface area (Å²) in [5, 5.41) is 3.39. The number of nitrogens with zero attached hydrogens (tertiary/aromatic N) is 2. The van der Waals surface area contributed by atoms with Gasteiger partial charge in [-0.05, 0) is 25.3 Å². The second kappa shape index (κ2) is 12.9. The highest BCUT2D eigenvalue weighted by Gasteiger charge is 2.00. The molecule has 0 unspecified atom stereocenters. The van der Waals surface area contributed by atoms with Crippen molar-refractivity contribution < 1.29 is 4.74 Å². The minimum absolute atomic E-state index is 0. The van der Waals surface area contributed by atoms with Crippen molar-refractivity contribution in [2.45, 2.75) is 26.3 Å². The number of rotatable bonds is 8. The molecule has 0 aliphatic heterocycles. The Kier molecular flexibility index (Phi) is 12.4. The van der Waals surface area contributed by atoms with Crippen LogP contribution in [0.3, 0.4) is 0 Å². The van der Waals surface area contributed by atoms with E-state index in [9.17, 15) is 0 Å². The Labute approximate surface area is 146 Å². The first-order valence-corrected chi connectivity index (χ1v) is 7.31. The summed E-state index contributed by atoms with van der Waals surface area (Å²) >= 11 is 0. The van der Waals surface area contributed by atoms with Crippen molar-refractivity contribution in [1.82, 2.24) is 10.2 Å². The number of guanidine groups is 1. The number of hydrogen-bond acceptors (Lipinski definition) is 2. The van der Waals surface area contributed by atoms with Gasteiger partial charge < -0.3 is 15.0 Å². The van der Waals surface area contributed by atoms with Crippen LogP contribution >= 0.6 is 24.0 Å². The topological polar surface area (TPSA) is 36.9 Å². The number of aliphatic imine (C=N–C) groups is 1.